The van der Waals surface area contributed by atoms with Gasteiger partial charge < -0.3 is 20.3 Å². The zero-order chi connectivity index (χ0) is 14.5. The molecule has 20 heavy (non-hydrogen) atoms. The zero-order valence-corrected chi connectivity index (χ0v) is 10.8. The first-order valence-corrected chi connectivity index (χ1v) is 5.76. The predicted octanol–water partition coefficient (Wildman–Crippen LogP) is 1.05. The molecule has 0 atom stereocenters. The van der Waals surface area contributed by atoms with Gasteiger partial charge in [0.25, 0.3) is 0 Å². The van der Waals surface area contributed by atoms with Crippen molar-refractivity contribution in [2.75, 3.05) is 7.11 Å². The molecule has 0 saturated heterocycles. The molecule has 1 heterocycles. The van der Waals surface area contributed by atoms with Gasteiger partial charge in [0.1, 0.15) is 5.84 Å². The van der Waals surface area contributed by atoms with Crippen LogP contribution in [-0.4, -0.2) is 28.0 Å². The van der Waals surface area contributed by atoms with Crippen LogP contribution >= 0.6 is 0 Å². The minimum Gasteiger partial charge on any atom is -0.493 e. The monoisotopic (exact) mass is 274 g/mol. The van der Waals surface area contributed by atoms with E-state index in [4.69, 9.17) is 25.7 Å². The number of nitrogens with one attached hydrogen (secondary N) is 1. The van der Waals surface area contributed by atoms with E-state index in [1.807, 2.05) is 0 Å². The van der Waals surface area contributed by atoms with Gasteiger partial charge in [0.15, 0.2) is 17.2 Å². The number of aliphatic hydroxyl groups is 1. The number of hydrogen-bond acceptors (Lipinski definition) is 6. The number of aromatic nitrogens is 2. The van der Waals surface area contributed by atoms with Crippen LogP contribution < -0.4 is 15.2 Å². The van der Waals surface area contributed by atoms with Gasteiger partial charge in [-0.25, -0.2) is 9.97 Å². The molecule has 0 saturated carbocycles. The summed E-state index contributed by atoms with van der Waals surface area (Å²) in [5.74, 6) is 0.721. The normalized spacial score (nSPS) is 10.1. The van der Waals surface area contributed by atoms with Gasteiger partial charge in [-0.05, 0) is 17.7 Å². The van der Waals surface area contributed by atoms with Crippen LogP contribution in [0.25, 0.3) is 0 Å². The fourth-order valence-electron chi connectivity index (χ4n) is 1.58. The van der Waals surface area contributed by atoms with E-state index < -0.39 is 0 Å². The lowest BCUT2D eigenvalue weighted by Gasteiger charge is -2.12. The highest BCUT2D eigenvalue weighted by Gasteiger charge is 2.13. The number of hydrogen-bond donors (Lipinski definition) is 3. The summed E-state index contributed by atoms with van der Waals surface area (Å²) in [5.41, 5.74) is 6.27. The van der Waals surface area contributed by atoms with Crippen molar-refractivity contribution >= 4 is 5.84 Å². The third kappa shape index (κ3) is 2.83. The summed E-state index contributed by atoms with van der Waals surface area (Å²) in [5, 5.41) is 16.5. The van der Waals surface area contributed by atoms with Crippen molar-refractivity contribution in [3.8, 4) is 17.4 Å². The first kappa shape index (κ1) is 13.8. The van der Waals surface area contributed by atoms with Crippen molar-refractivity contribution in [1.82, 2.24) is 9.97 Å². The van der Waals surface area contributed by atoms with E-state index in [0.717, 1.165) is 0 Å². The molecule has 1 aromatic heterocycles. The van der Waals surface area contributed by atoms with Crippen molar-refractivity contribution in [3.63, 3.8) is 0 Å². The van der Waals surface area contributed by atoms with Crippen LogP contribution in [0.4, 0.5) is 0 Å². The second kappa shape index (κ2) is 5.98. The van der Waals surface area contributed by atoms with Gasteiger partial charge in [-0.15, -0.1) is 0 Å². The molecular weight excluding hydrogens is 260 g/mol. The lowest BCUT2D eigenvalue weighted by molar-refractivity contribution is 0.280. The number of ether oxygens (including phenoxy) is 2. The van der Waals surface area contributed by atoms with Crippen molar-refractivity contribution < 1.29 is 14.6 Å². The second-order valence-corrected chi connectivity index (χ2v) is 3.87. The highest BCUT2D eigenvalue weighted by molar-refractivity contribution is 5.95. The smallest absolute Gasteiger partial charge is 0.249 e. The van der Waals surface area contributed by atoms with Crippen LogP contribution in [0.1, 0.15) is 11.3 Å². The van der Waals surface area contributed by atoms with Gasteiger partial charge in [-0.3, -0.25) is 5.41 Å². The van der Waals surface area contributed by atoms with Gasteiger partial charge in [0, 0.05) is 12.4 Å². The van der Waals surface area contributed by atoms with Gasteiger partial charge in [-0.2, -0.15) is 0 Å². The number of methoxy groups -OCH3 is 1. The van der Waals surface area contributed by atoms with Gasteiger partial charge in [-0.1, -0.05) is 6.07 Å². The van der Waals surface area contributed by atoms with E-state index in [-0.39, 0.29) is 24.0 Å². The molecule has 1 aromatic carbocycles. The molecule has 4 N–H and O–H groups in total. The number of nitrogens with two attached hydrogens (primary N) is 1. The summed E-state index contributed by atoms with van der Waals surface area (Å²) in [4.78, 5) is 7.95. The summed E-state index contributed by atoms with van der Waals surface area (Å²) in [7, 11) is 1.49. The average Bonchev–Trinajstić information content (AvgIpc) is 2.48. The molecule has 2 aromatic rings. The Bertz CT molecular complexity index is 631. The fourth-order valence-corrected chi connectivity index (χ4v) is 1.58. The number of amidine groups is 1. The van der Waals surface area contributed by atoms with Crippen LogP contribution in [-0.2, 0) is 6.61 Å². The van der Waals surface area contributed by atoms with E-state index in [2.05, 4.69) is 9.97 Å². The molecule has 7 heteroatoms. The lowest BCUT2D eigenvalue weighted by atomic mass is 10.2. The minimum atomic E-state index is -0.237. The van der Waals surface area contributed by atoms with E-state index in [1.165, 1.54) is 19.5 Å². The summed E-state index contributed by atoms with van der Waals surface area (Å²) >= 11 is 0. The van der Waals surface area contributed by atoms with Gasteiger partial charge in [0.2, 0.25) is 5.88 Å². The Morgan fingerprint density at radius 3 is 2.70 bits per heavy atom. The van der Waals surface area contributed by atoms with Crippen LogP contribution in [0.2, 0.25) is 0 Å². The standard InChI is InChI=1S/C13H14N4O3/c1-19-10-6-8(7-18)2-3-9(10)20-13-11(12(14)15)16-4-5-17-13/h2-6,18H,7H2,1H3,(H3,14,15). The number of aliphatic hydroxyl groups excluding tert-OH is 1. The van der Waals surface area contributed by atoms with E-state index in [9.17, 15) is 0 Å². The van der Waals surface area contributed by atoms with E-state index in [0.29, 0.717) is 17.1 Å². The van der Waals surface area contributed by atoms with E-state index in [1.54, 1.807) is 18.2 Å². The van der Waals surface area contributed by atoms with Gasteiger partial charge in [0.05, 0.1) is 13.7 Å². The number of benzene rings is 1. The maximum Gasteiger partial charge on any atom is 0.249 e. The topological polar surface area (TPSA) is 114 Å². The molecule has 7 nitrogen and oxygen atoms in total. The first-order chi connectivity index (χ1) is 9.65. The zero-order valence-electron chi connectivity index (χ0n) is 10.8. The summed E-state index contributed by atoms with van der Waals surface area (Å²) in [6, 6.07) is 4.99. The Morgan fingerprint density at radius 1 is 1.30 bits per heavy atom. The second-order valence-electron chi connectivity index (χ2n) is 3.87. The minimum absolute atomic E-state index is 0.0967. The largest absolute Gasteiger partial charge is 0.493 e. The van der Waals surface area contributed by atoms with Crippen molar-refractivity contribution in [1.29, 1.82) is 5.41 Å². The third-order valence-corrected chi connectivity index (χ3v) is 2.54. The molecule has 0 fully saturated rings. The average molecular weight is 274 g/mol. The Kier molecular flexibility index (Phi) is 4.11. The fraction of sp³-hybridized carbons (Fsp3) is 0.154. The quantitative estimate of drug-likeness (QED) is 0.554. The summed E-state index contributed by atoms with van der Waals surface area (Å²) < 4.78 is 10.8. The van der Waals surface area contributed by atoms with Crippen LogP contribution in [0.15, 0.2) is 30.6 Å². The van der Waals surface area contributed by atoms with Crippen LogP contribution in [0, 0.1) is 5.41 Å². The highest BCUT2D eigenvalue weighted by Crippen LogP contribution is 2.32. The Labute approximate surface area is 115 Å². The molecule has 2 rings (SSSR count). The maximum atomic E-state index is 9.09. The molecule has 0 aliphatic carbocycles. The number of nitrogens with zero attached hydrogens (tertiary/aromatic N) is 2. The third-order valence-electron chi connectivity index (χ3n) is 2.54. The number of rotatable bonds is 5. The summed E-state index contributed by atoms with van der Waals surface area (Å²) in [6.07, 6.45) is 2.87. The van der Waals surface area contributed by atoms with Gasteiger partial charge >= 0.3 is 0 Å². The molecule has 0 aliphatic heterocycles. The molecule has 0 unspecified atom stereocenters. The van der Waals surface area contributed by atoms with Crippen LogP contribution in [0.5, 0.6) is 17.4 Å². The van der Waals surface area contributed by atoms with Crippen molar-refractivity contribution in [3.05, 3.63) is 41.9 Å². The molecule has 0 aliphatic rings. The summed E-state index contributed by atoms with van der Waals surface area (Å²) in [6.45, 7) is -0.0967. The molecule has 104 valence electrons. The lowest BCUT2D eigenvalue weighted by Crippen LogP contribution is -2.15. The molecule has 0 radical (unpaired) electrons. The Morgan fingerprint density at radius 2 is 2.05 bits per heavy atom. The van der Waals surface area contributed by atoms with Crippen molar-refractivity contribution in [2.45, 2.75) is 6.61 Å². The van der Waals surface area contributed by atoms with Crippen molar-refractivity contribution in [2.24, 2.45) is 5.73 Å². The maximum absolute atomic E-state index is 9.09. The highest BCUT2D eigenvalue weighted by atomic mass is 16.5. The molecule has 0 amide bonds. The van der Waals surface area contributed by atoms with E-state index >= 15 is 0 Å². The Balaban J connectivity index is 2.37. The SMILES string of the molecule is COc1cc(CO)ccc1Oc1nccnc1C(=N)N. The van der Waals surface area contributed by atoms with Crippen LogP contribution in [0.3, 0.4) is 0 Å². The molecule has 0 spiro atoms. The predicted molar refractivity (Wildman–Crippen MR) is 72.0 cm³/mol. The molecule has 0 bridgehead atoms. The number of nitrogen functional groups attached to an aromatic ring is 1. The molecular formula is C13H14N4O3. The Hall–Kier alpha value is -2.67. The first-order valence-electron chi connectivity index (χ1n) is 5.76.